The molecule has 1 atom stereocenters. The van der Waals surface area contributed by atoms with Crippen LogP contribution in [0.25, 0.3) is 0 Å². The molecular formula is C21H26ClN3O3S. The molecule has 0 N–H and O–H groups in total. The molecule has 3 rings (SSSR count). The van der Waals surface area contributed by atoms with Crippen LogP contribution in [0.2, 0.25) is 5.02 Å². The molecule has 1 saturated heterocycles. The van der Waals surface area contributed by atoms with E-state index in [9.17, 15) is 13.2 Å². The molecule has 6 nitrogen and oxygen atoms in total. The number of carbonyl (C=O) groups is 1. The Morgan fingerprint density at radius 2 is 1.69 bits per heavy atom. The van der Waals surface area contributed by atoms with Crippen molar-refractivity contribution in [2.75, 3.05) is 41.6 Å². The van der Waals surface area contributed by atoms with E-state index in [0.29, 0.717) is 36.9 Å². The van der Waals surface area contributed by atoms with Crippen LogP contribution in [0.3, 0.4) is 0 Å². The first-order valence-corrected chi connectivity index (χ1v) is 11.7. The van der Waals surface area contributed by atoms with Crippen molar-refractivity contribution >= 4 is 38.9 Å². The van der Waals surface area contributed by atoms with Crippen LogP contribution < -0.4 is 9.21 Å². The lowest BCUT2D eigenvalue weighted by atomic mass is 10.2. The van der Waals surface area contributed by atoms with Gasteiger partial charge in [-0.25, -0.2) is 8.42 Å². The van der Waals surface area contributed by atoms with E-state index in [1.54, 1.807) is 24.0 Å². The number of carbonyl (C=O) groups excluding carboxylic acids is 1. The molecule has 1 heterocycles. The minimum Gasteiger partial charge on any atom is -0.368 e. The Morgan fingerprint density at radius 3 is 2.24 bits per heavy atom. The van der Waals surface area contributed by atoms with E-state index in [1.165, 1.54) is 4.31 Å². The first-order chi connectivity index (χ1) is 13.7. The molecule has 0 saturated carbocycles. The Morgan fingerprint density at radius 1 is 1.07 bits per heavy atom. The van der Waals surface area contributed by atoms with Crippen molar-refractivity contribution in [3.05, 3.63) is 59.1 Å². The topological polar surface area (TPSA) is 60.9 Å². The standard InChI is InChI=1S/C21H26ClN3O3S/c1-16-7-9-19(10-8-16)25(29(3,27)28)17(2)21(26)24-13-11-23(12-14-24)20-6-4-5-18(22)15-20/h4-10,15,17H,11-14H2,1-3H3/t17-/m0/s1. The summed E-state index contributed by atoms with van der Waals surface area (Å²) in [5.74, 6) is -0.193. The first kappa shape index (κ1) is 21.5. The normalized spacial score (nSPS) is 15.9. The fourth-order valence-corrected chi connectivity index (χ4v) is 4.97. The molecule has 8 heteroatoms. The SMILES string of the molecule is Cc1ccc(N([C@@H](C)C(=O)N2CCN(c3cccc(Cl)c3)CC2)S(C)(=O)=O)cc1. The summed E-state index contributed by atoms with van der Waals surface area (Å²) < 4.78 is 26.1. The summed E-state index contributed by atoms with van der Waals surface area (Å²) in [5, 5.41) is 0.677. The van der Waals surface area contributed by atoms with Crippen LogP contribution >= 0.6 is 11.6 Å². The third kappa shape index (κ3) is 5.03. The van der Waals surface area contributed by atoms with E-state index in [2.05, 4.69) is 4.90 Å². The zero-order valence-corrected chi connectivity index (χ0v) is 18.4. The third-order valence-corrected chi connectivity index (χ3v) is 6.60. The highest BCUT2D eigenvalue weighted by Crippen LogP contribution is 2.24. The highest BCUT2D eigenvalue weighted by molar-refractivity contribution is 7.92. The molecule has 2 aromatic rings. The maximum absolute atomic E-state index is 13.1. The number of benzene rings is 2. The fraction of sp³-hybridized carbons (Fsp3) is 0.381. The number of rotatable bonds is 5. The number of piperazine rings is 1. The van der Waals surface area contributed by atoms with Crippen molar-refractivity contribution in [2.45, 2.75) is 19.9 Å². The van der Waals surface area contributed by atoms with Gasteiger partial charge in [-0.1, -0.05) is 35.4 Å². The van der Waals surface area contributed by atoms with Crippen molar-refractivity contribution in [3.8, 4) is 0 Å². The van der Waals surface area contributed by atoms with E-state index in [4.69, 9.17) is 11.6 Å². The number of sulfonamides is 1. The molecular weight excluding hydrogens is 410 g/mol. The second kappa shape index (κ2) is 8.63. The summed E-state index contributed by atoms with van der Waals surface area (Å²) >= 11 is 6.08. The summed E-state index contributed by atoms with van der Waals surface area (Å²) in [4.78, 5) is 17.0. The second-order valence-corrected chi connectivity index (χ2v) is 9.66. The highest BCUT2D eigenvalue weighted by atomic mass is 35.5. The van der Waals surface area contributed by atoms with E-state index < -0.39 is 16.1 Å². The summed E-state index contributed by atoms with van der Waals surface area (Å²) in [7, 11) is -3.61. The van der Waals surface area contributed by atoms with Gasteiger partial charge in [0.2, 0.25) is 15.9 Å². The van der Waals surface area contributed by atoms with Gasteiger partial charge in [-0.15, -0.1) is 0 Å². The maximum atomic E-state index is 13.1. The van der Waals surface area contributed by atoms with Crippen molar-refractivity contribution in [2.24, 2.45) is 0 Å². The van der Waals surface area contributed by atoms with Gasteiger partial charge in [-0.05, 0) is 44.2 Å². The number of hydrogen-bond acceptors (Lipinski definition) is 4. The summed E-state index contributed by atoms with van der Waals surface area (Å²) in [5.41, 5.74) is 2.55. The average molecular weight is 436 g/mol. The number of amides is 1. The van der Waals surface area contributed by atoms with E-state index in [1.807, 2.05) is 43.3 Å². The Labute approximate surface area is 177 Å². The molecule has 156 valence electrons. The molecule has 29 heavy (non-hydrogen) atoms. The lowest BCUT2D eigenvalue weighted by Gasteiger charge is -2.39. The van der Waals surface area contributed by atoms with Gasteiger partial charge in [0.15, 0.2) is 0 Å². The molecule has 1 amide bonds. The number of nitrogens with zero attached hydrogens (tertiary/aromatic N) is 3. The Bertz CT molecular complexity index is 971. The van der Waals surface area contributed by atoms with Gasteiger partial charge < -0.3 is 9.80 Å². The monoisotopic (exact) mass is 435 g/mol. The Kier molecular flexibility index (Phi) is 6.39. The minimum atomic E-state index is -3.61. The average Bonchev–Trinajstić information content (AvgIpc) is 2.68. The number of hydrogen-bond donors (Lipinski definition) is 0. The van der Waals surface area contributed by atoms with Crippen LogP contribution in [0, 0.1) is 6.92 Å². The minimum absolute atomic E-state index is 0.193. The van der Waals surface area contributed by atoms with Crippen LogP contribution in [0.15, 0.2) is 48.5 Å². The van der Waals surface area contributed by atoms with Gasteiger partial charge in [-0.3, -0.25) is 9.10 Å². The lowest BCUT2D eigenvalue weighted by molar-refractivity contribution is -0.132. The fourth-order valence-electron chi connectivity index (χ4n) is 3.62. The van der Waals surface area contributed by atoms with Gasteiger partial charge in [0.05, 0.1) is 11.9 Å². The summed E-state index contributed by atoms with van der Waals surface area (Å²) in [6.45, 7) is 5.97. The largest absolute Gasteiger partial charge is 0.368 e. The van der Waals surface area contributed by atoms with Crippen molar-refractivity contribution in [1.82, 2.24) is 4.90 Å². The maximum Gasteiger partial charge on any atom is 0.246 e. The molecule has 0 aromatic heterocycles. The molecule has 0 unspecified atom stereocenters. The second-order valence-electron chi connectivity index (χ2n) is 7.36. The summed E-state index contributed by atoms with van der Waals surface area (Å²) in [6.07, 6.45) is 1.13. The predicted molar refractivity (Wildman–Crippen MR) is 118 cm³/mol. The van der Waals surface area contributed by atoms with Gasteiger partial charge in [0.1, 0.15) is 6.04 Å². The van der Waals surface area contributed by atoms with E-state index in [0.717, 1.165) is 17.5 Å². The van der Waals surface area contributed by atoms with Gasteiger partial charge in [0.25, 0.3) is 0 Å². The molecule has 0 aliphatic carbocycles. The predicted octanol–water partition coefficient (Wildman–Crippen LogP) is 3.15. The lowest BCUT2D eigenvalue weighted by Crippen LogP contribution is -2.55. The number of halogens is 1. The smallest absolute Gasteiger partial charge is 0.246 e. The molecule has 2 aromatic carbocycles. The van der Waals surface area contributed by atoms with Crippen LogP contribution in [-0.2, 0) is 14.8 Å². The van der Waals surface area contributed by atoms with Crippen molar-refractivity contribution in [1.29, 1.82) is 0 Å². The van der Waals surface area contributed by atoms with Gasteiger partial charge in [0, 0.05) is 36.9 Å². The molecule has 0 spiro atoms. The highest BCUT2D eigenvalue weighted by Gasteiger charge is 2.33. The third-order valence-electron chi connectivity index (χ3n) is 5.12. The van der Waals surface area contributed by atoms with E-state index in [-0.39, 0.29) is 5.91 Å². The molecule has 0 radical (unpaired) electrons. The molecule has 1 fully saturated rings. The molecule has 1 aliphatic heterocycles. The van der Waals surface area contributed by atoms with Crippen LogP contribution in [-0.4, -0.2) is 57.7 Å². The molecule has 0 bridgehead atoms. The first-order valence-electron chi connectivity index (χ1n) is 9.52. The molecule has 1 aliphatic rings. The summed E-state index contributed by atoms with van der Waals surface area (Å²) in [6, 6.07) is 14.0. The van der Waals surface area contributed by atoms with Gasteiger partial charge >= 0.3 is 0 Å². The van der Waals surface area contributed by atoms with E-state index >= 15 is 0 Å². The van der Waals surface area contributed by atoms with Crippen molar-refractivity contribution < 1.29 is 13.2 Å². The van der Waals surface area contributed by atoms with Crippen molar-refractivity contribution in [3.63, 3.8) is 0 Å². The van der Waals surface area contributed by atoms with Gasteiger partial charge in [-0.2, -0.15) is 0 Å². The number of aryl methyl sites for hydroxylation is 1. The zero-order chi connectivity index (χ0) is 21.2. The Hall–Kier alpha value is -2.25. The number of anilines is 2. The van der Waals surface area contributed by atoms with Crippen LogP contribution in [0.4, 0.5) is 11.4 Å². The van der Waals surface area contributed by atoms with Crippen LogP contribution in [0.5, 0.6) is 0 Å². The quantitative estimate of drug-likeness (QED) is 0.723. The van der Waals surface area contributed by atoms with Crippen LogP contribution in [0.1, 0.15) is 12.5 Å². The zero-order valence-electron chi connectivity index (χ0n) is 16.9. The Balaban J connectivity index is 1.72.